The van der Waals surface area contributed by atoms with Crippen molar-refractivity contribution in [2.75, 3.05) is 12.4 Å². The minimum Gasteiger partial charge on any atom is -0.342 e. The summed E-state index contributed by atoms with van der Waals surface area (Å²) in [6.07, 6.45) is 5.31. The van der Waals surface area contributed by atoms with Crippen LogP contribution in [0, 0.1) is 12.3 Å². The Bertz CT molecular complexity index is 534. The highest BCUT2D eigenvalue weighted by molar-refractivity contribution is 5.94. The lowest BCUT2D eigenvalue weighted by atomic mass is 10.1. The first-order chi connectivity index (χ1) is 9.43. The molecule has 0 fully saturated rings. The minimum absolute atomic E-state index is 0.0181. The van der Waals surface area contributed by atoms with Crippen LogP contribution < -0.4 is 11.1 Å². The molecule has 2 amide bonds. The average molecular weight is 273 g/mol. The van der Waals surface area contributed by atoms with E-state index in [-0.39, 0.29) is 18.2 Å². The SMILES string of the molecule is C#CCC(N)C(=O)Nc1cccc(CN(C)C(C)=O)c1. The van der Waals surface area contributed by atoms with Gasteiger partial charge in [-0.1, -0.05) is 12.1 Å². The zero-order valence-corrected chi connectivity index (χ0v) is 11.7. The summed E-state index contributed by atoms with van der Waals surface area (Å²) in [4.78, 5) is 24.5. The third-order valence-corrected chi connectivity index (χ3v) is 2.83. The van der Waals surface area contributed by atoms with Gasteiger partial charge in [0.1, 0.15) is 0 Å². The Hall–Kier alpha value is -2.32. The van der Waals surface area contributed by atoms with Crippen molar-refractivity contribution in [2.24, 2.45) is 5.73 Å². The molecule has 1 rings (SSSR count). The second-order valence-corrected chi connectivity index (χ2v) is 4.58. The number of anilines is 1. The molecule has 0 aliphatic rings. The smallest absolute Gasteiger partial charge is 0.242 e. The van der Waals surface area contributed by atoms with E-state index in [1.807, 2.05) is 12.1 Å². The molecule has 1 unspecified atom stereocenters. The number of nitrogens with two attached hydrogens (primary N) is 1. The molecule has 1 atom stereocenters. The van der Waals surface area contributed by atoms with Crippen LogP contribution in [-0.2, 0) is 16.1 Å². The molecule has 0 aliphatic carbocycles. The van der Waals surface area contributed by atoms with Crippen LogP contribution in [0.15, 0.2) is 24.3 Å². The average Bonchev–Trinajstić information content (AvgIpc) is 2.39. The van der Waals surface area contributed by atoms with Crippen LogP contribution in [0.5, 0.6) is 0 Å². The number of nitrogens with zero attached hydrogens (tertiary/aromatic N) is 1. The maximum atomic E-state index is 11.7. The van der Waals surface area contributed by atoms with Gasteiger partial charge in [-0.15, -0.1) is 12.3 Å². The van der Waals surface area contributed by atoms with Crippen LogP contribution >= 0.6 is 0 Å². The van der Waals surface area contributed by atoms with E-state index in [0.717, 1.165) is 5.56 Å². The maximum absolute atomic E-state index is 11.7. The zero-order valence-electron chi connectivity index (χ0n) is 11.7. The standard InChI is InChI=1S/C15H19N3O2/c1-4-6-14(16)15(20)17-13-8-5-7-12(9-13)10-18(3)11(2)19/h1,5,7-9,14H,6,10,16H2,2-3H3,(H,17,20). The van der Waals surface area contributed by atoms with E-state index in [0.29, 0.717) is 12.2 Å². The number of nitrogens with one attached hydrogen (secondary N) is 1. The van der Waals surface area contributed by atoms with Gasteiger partial charge in [0.2, 0.25) is 11.8 Å². The van der Waals surface area contributed by atoms with Crippen molar-refractivity contribution in [2.45, 2.75) is 25.9 Å². The lowest BCUT2D eigenvalue weighted by molar-refractivity contribution is -0.128. The summed E-state index contributed by atoms with van der Waals surface area (Å²) in [7, 11) is 1.72. The predicted octanol–water partition coefficient (Wildman–Crippen LogP) is 0.954. The van der Waals surface area contributed by atoms with Gasteiger partial charge in [0.25, 0.3) is 0 Å². The number of amides is 2. The van der Waals surface area contributed by atoms with Gasteiger partial charge in [-0.25, -0.2) is 0 Å². The summed E-state index contributed by atoms with van der Waals surface area (Å²) in [6, 6.07) is 6.54. The molecule has 5 nitrogen and oxygen atoms in total. The molecule has 0 aliphatic heterocycles. The van der Waals surface area contributed by atoms with Crippen molar-refractivity contribution in [3.05, 3.63) is 29.8 Å². The van der Waals surface area contributed by atoms with E-state index in [4.69, 9.17) is 12.2 Å². The number of benzene rings is 1. The van der Waals surface area contributed by atoms with E-state index in [1.165, 1.54) is 6.92 Å². The van der Waals surface area contributed by atoms with Gasteiger partial charge in [0.15, 0.2) is 0 Å². The number of terminal acetylenes is 1. The first-order valence-electron chi connectivity index (χ1n) is 6.24. The van der Waals surface area contributed by atoms with Gasteiger partial charge >= 0.3 is 0 Å². The molecular formula is C15H19N3O2. The Morgan fingerprint density at radius 3 is 2.80 bits per heavy atom. The third-order valence-electron chi connectivity index (χ3n) is 2.83. The quantitative estimate of drug-likeness (QED) is 0.784. The van der Waals surface area contributed by atoms with Gasteiger partial charge in [-0.3, -0.25) is 9.59 Å². The monoisotopic (exact) mass is 273 g/mol. The Balaban J connectivity index is 2.71. The van der Waals surface area contributed by atoms with Crippen LogP contribution in [-0.4, -0.2) is 29.8 Å². The van der Waals surface area contributed by atoms with Crippen molar-refractivity contribution in [1.82, 2.24) is 4.90 Å². The van der Waals surface area contributed by atoms with Crippen molar-refractivity contribution in [3.63, 3.8) is 0 Å². The molecule has 1 aromatic carbocycles. The highest BCUT2D eigenvalue weighted by Gasteiger charge is 2.12. The minimum atomic E-state index is -0.719. The van der Waals surface area contributed by atoms with Crippen LogP contribution in [0.2, 0.25) is 0 Å². The number of rotatable bonds is 5. The molecule has 0 bridgehead atoms. The molecular weight excluding hydrogens is 254 g/mol. The Kier molecular flexibility index (Phi) is 5.75. The molecule has 0 aromatic heterocycles. The normalized spacial score (nSPS) is 11.3. The second kappa shape index (κ2) is 7.31. The molecule has 106 valence electrons. The highest BCUT2D eigenvalue weighted by atomic mass is 16.2. The molecule has 0 radical (unpaired) electrons. The number of hydrogen-bond donors (Lipinski definition) is 2. The zero-order chi connectivity index (χ0) is 15.1. The van der Waals surface area contributed by atoms with E-state index < -0.39 is 6.04 Å². The molecule has 0 saturated heterocycles. The molecule has 0 heterocycles. The fourth-order valence-corrected chi connectivity index (χ4v) is 1.59. The van der Waals surface area contributed by atoms with Crippen LogP contribution in [0.25, 0.3) is 0 Å². The van der Waals surface area contributed by atoms with Gasteiger partial charge in [0.05, 0.1) is 6.04 Å². The summed E-state index contributed by atoms with van der Waals surface area (Å²) in [5.41, 5.74) is 7.18. The van der Waals surface area contributed by atoms with E-state index >= 15 is 0 Å². The summed E-state index contributed by atoms with van der Waals surface area (Å²) >= 11 is 0. The maximum Gasteiger partial charge on any atom is 0.242 e. The van der Waals surface area contributed by atoms with Gasteiger partial charge in [-0.05, 0) is 17.7 Å². The molecule has 0 saturated carbocycles. The Morgan fingerprint density at radius 2 is 2.20 bits per heavy atom. The number of carbonyl (C=O) groups is 2. The topological polar surface area (TPSA) is 75.4 Å². The molecule has 1 aromatic rings. The number of carbonyl (C=O) groups excluding carboxylic acids is 2. The van der Waals surface area contributed by atoms with Crippen molar-refractivity contribution >= 4 is 17.5 Å². The van der Waals surface area contributed by atoms with Crippen molar-refractivity contribution in [1.29, 1.82) is 0 Å². The predicted molar refractivity (Wildman–Crippen MR) is 78.6 cm³/mol. The first kappa shape index (κ1) is 15.7. The van der Waals surface area contributed by atoms with Crippen LogP contribution in [0.1, 0.15) is 18.9 Å². The molecule has 5 heteroatoms. The lowest BCUT2D eigenvalue weighted by Crippen LogP contribution is -2.35. The third kappa shape index (κ3) is 4.75. The van der Waals surface area contributed by atoms with Crippen molar-refractivity contribution in [3.8, 4) is 12.3 Å². The second-order valence-electron chi connectivity index (χ2n) is 4.58. The highest BCUT2D eigenvalue weighted by Crippen LogP contribution is 2.12. The molecule has 20 heavy (non-hydrogen) atoms. The molecule has 3 N–H and O–H groups in total. The summed E-state index contributed by atoms with van der Waals surface area (Å²) in [5, 5.41) is 2.71. The summed E-state index contributed by atoms with van der Waals surface area (Å²) in [5.74, 6) is 2.02. The largest absolute Gasteiger partial charge is 0.342 e. The van der Waals surface area contributed by atoms with Gasteiger partial charge in [0, 0.05) is 32.6 Å². The van der Waals surface area contributed by atoms with Gasteiger partial charge in [-0.2, -0.15) is 0 Å². The lowest BCUT2D eigenvalue weighted by Gasteiger charge is -2.16. The van der Waals surface area contributed by atoms with Gasteiger partial charge < -0.3 is 16.0 Å². The summed E-state index contributed by atoms with van der Waals surface area (Å²) < 4.78 is 0. The fraction of sp³-hybridized carbons (Fsp3) is 0.333. The van der Waals surface area contributed by atoms with Crippen LogP contribution in [0.4, 0.5) is 5.69 Å². The van der Waals surface area contributed by atoms with E-state index in [1.54, 1.807) is 24.1 Å². The molecule has 0 spiro atoms. The first-order valence-corrected chi connectivity index (χ1v) is 6.24. The van der Waals surface area contributed by atoms with E-state index in [9.17, 15) is 9.59 Å². The summed E-state index contributed by atoms with van der Waals surface area (Å²) in [6.45, 7) is 1.99. The number of hydrogen-bond acceptors (Lipinski definition) is 3. The fourth-order valence-electron chi connectivity index (χ4n) is 1.59. The van der Waals surface area contributed by atoms with E-state index in [2.05, 4.69) is 11.2 Å². The Labute approximate surface area is 119 Å². The Morgan fingerprint density at radius 1 is 1.50 bits per heavy atom. The van der Waals surface area contributed by atoms with Crippen molar-refractivity contribution < 1.29 is 9.59 Å². The van der Waals surface area contributed by atoms with Crippen LogP contribution in [0.3, 0.4) is 0 Å².